The van der Waals surface area contributed by atoms with Crippen LogP contribution >= 0.6 is 0 Å². The number of hydrogen-bond acceptors (Lipinski definition) is 7. The van der Waals surface area contributed by atoms with Crippen molar-refractivity contribution < 1.29 is 34.2 Å². The van der Waals surface area contributed by atoms with Gasteiger partial charge in [-0.2, -0.15) is 0 Å². The van der Waals surface area contributed by atoms with Gasteiger partial charge >= 0.3 is 5.97 Å². The molecule has 4 aliphatic carbocycles. The molecule has 2 N–H and O–H groups in total. The maximum Gasteiger partial charge on any atom is 0.333 e. The van der Waals surface area contributed by atoms with Gasteiger partial charge in [0.15, 0.2) is 5.78 Å². The second kappa shape index (κ2) is 9.19. The Bertz CT molecular complexity index is 934. The number of imide groups is 1. The van der Waals surface area contributed by atoms with Crippen molar-refractivity contribution >= 4 is 23.6 Å². The zero-order chi connectivity index (χ0) is 26.0. The quantitative estimate of drug-likeness (QED) is 0.553. The van der Waals surface area contributed by atoms with Gasteiger partial charge in [-0.3, -0.25) is 14.4 Å². The van der Waals surface area contributed by atoms with Crippen LogP contribution in [-0.2, 0) is 24.0 Å². The van der Waals surface area contributed by atoms with Crippen LogP contribution in [0.25, 0.3) is 0 Å². The molecule has 36 heavy (non-hydrogen) atoms. The number of nitrogens with zero attached hydrogens (tertiary/aromatic N) is 1. The van der Waals surface area contributed by atoms with Crippen LogP contribution in [0.5, 0.6) is 0 Å². The lowest BCUT2D eigenvalue weighted by atomic mass is 9.43. The van der Waals surface area contributed by atoms with Gasteiger partial charge in [-0.1, -0.05) is 20.8 Å². The molecule has 0 bridgehead atoms. The van der Waals surface area contributed by atoms with Gasteiger partial charge in [0.2, 0.25) is 0 Å². The fourth-order valence-corrected chi connectivity index (χ4v) is 9.29. The largest absolute Gasteiger partial charge is 0.393 e. The molecule has 2 amide bonds. The van der Waals surface area contributed by atoms with Crippen molar-refractivity contribution in [1.82, 2.24) is 5.06 Å². The van der Waals surface area contributed by atoms with E-state index >= 15 is 0 Å². The van der Waals surface area contributed by atoms with Crippen LogP contribution in [0, 0.1) is 46.3 Å². The molecule has 200 valence electrons. The fraction of sp³-hybridized carbons (Fsp3) is 0.857. The number of ketones is 1. The molecule has 1 saturated heterocycles. The predicted octanol–water partition coefficient (Wildman–Crippen LogP) is 3.18. The fourth-order valence-electron chi connectivity index (χ4n) is 9.29. The Morgan fingerprint density at radius 2 is 1.61 bits per heavy atom. The van der Waals surface area contributed by atoms with Gasteiger partial charge in [0.05, 0.1) is 6.10 Å². The summed E-state index contributed by atoms with van der Waals surface area (Å²) < 4.78 is 0. The molecule has 0 aromatic heterocycles. The minimum atomic E-state index is -0.990. The molecule has 0 aromatic carbocycles. The van der Waals surface area contributed by atoms with E-state index < -0.39 is 30.0 Å². The third-order valence-corrected chi connectivity index (χ3v) is 11.3. The molecule has 1 heterocycles. The number of aliphatic hydroxyl groups excluding tert-OH is 2. The summed E-state index contributed by atoms with van der Waals surface area (Å²) >= 11 is 0. The first-order chi connectivity index (χ1) is 17.0. The number of hydroxylamine groups is 2. The number of aliphatic hydroxyl groups is 2. The van der Waals surface area contributed by atoms with E-state index in [1.807, 2.05) is 0 Å². The van der Waals surface area contributed by atoms with Crippen molar-refractivity contribution in [1.29, 1.82) is 0 Å². The van der Waals surface area contributed by atoms with Crippen LogP contribution in [0.15, 0.2) is 0 Å². The van der Waals surface area contributed by atoms with Crippen LogP contribution < -0.4 is 0 Å². The highest BCUT2D eigenvalue weighted by Gasteiger charge is 2.65. The molecule has 1 aliphatic heterocycles. The number of hydrogen-bond donors (Lipinski definition) is 2. The summed E-state index contributed by atoms with van der Waals surface area (Å²) in [4.78, 5) is 54.5. The SMILES string of the molecule is C[C@H](CCC(=O)ON1C(=O)CCC1=O)[C@H]1CC[C@H]2[C@@H]3C(=O)[C@H](O)[C@@H]4C[C@H](O)CC[C@]4(C)[C@H]3CC[C@]12C. The Labute approximate surface area is 213 Å². The standard InChI is InChI=1S/C28H41NO7/c1-15(4-9-23(33)36-29-21(31)7-8-22(29)32)17-5-6-18-24-19(11-13-27(17,18)2)28(3)12-10-16(30)14-20(28)25(34)26(24)35/h15-20,24-25,30,34H,4-14H2,1-3H3/t15-,16-,17-,18+,19+,20+,24+,25-,27-,28-/m1/s1. The smallest absolute Gasteiger partial charge is 0.333 e. The highest BCUT2D eigenvalue weighted by molar-refractivity contribution is 6.01. The van der Waals surface area contributed by atoms with Crippen molar-refractivity contribution in [3.63, 3.8) is 0 Å². The first kappa shape index (κ1) is 25.8. The van der Waals surface area contributed by atoms with Gasteiger partial charge in [0.25, 0.3) is 11.8 Å². The van der Waals surface area contributed by atoms with Gasteiger partial charge < -0.3 is 15.1 Å². The number of carbonyl (C=O) groups excluding carboxylic acids is 4. The van der Waals surface area contributed by atoms with E-state index in [9.17, 15) is 29.4 Å². The van der Waals surface area contributed by atoms with Crippen molar-refractivity contribution in [2.45, 2.75) is 104 Å². The third-order valence-electron chi connectivity index (χ3n) is 11.3. The van der Waals surface area contributed by atoms with Gasteiger partial charge in [0, 0.05) is 31.1 Å². The second-order valence-corrected chi connectivity index (χ2v) is 12.9. The van der Waals surface area contributed by atoms with E-state index in [0.717, 1.165) is 38.5 Å². The lowest BCUT2D eigenvalue weighted by Gasteiger charge is -2.61. The molecule has 5 aliphatic rings. The first-order valence-corrected chi connectivity index (χ1v) is 13.9. The van der Waals surface area contributed by atoms with E-state index in [2.05, 4.69) is 20.8 Å². The molecule has 5 fully saturated rings. The molecule has 8 nitrogen and oxygen atoms in total. The number of fused-ring (bicyclic) bond motifs is 5. The molecule has 0 spiro atoms. The summed E-state index contributed by atoms with van der Waals surface area (Å²) in [5.41, 5.74) is -0.144. The molecular formula is C28H41NO7. The van der Waals surface area contributed by atoms with Crippen molar-refractivity contribution in [3.05, 3.63) is 0 Å². The van der Waals surface area contributed by atoms with E-state index in [-0.39, 0.29) is 65.5 Å². The Balaban J connectivity index is 1.26. The summed E-state index contributed by atoms with van der Waals surface area (Å²) in [6.07, 6.45) is 5.54. The minimum absolute atomic E-state index is 0.00988. The van der Waals surface area contributed by atoms with Crippen LogP contribution in [0.4, 0.5) is 0 Å². The Morgan fingerprint density at radius 3 is 2.31 bits per heavy atom. The molecule has 10 atom stereocenters. The minimum Gasteiger partial charge on any atom is -0.393 e. The van der Waals surface area contributed by atoms with Gasteiger partial charge in [-0.25, -0.2) is 4.79 Å². The lowest BCUT2D eigenvalue weighted by Crippen LogP contribution is -2.62. The Kier molecular flexibility index (Phi) is 6.60. The Hall–Kier alpha value is -1.80. The third kappa shape index (κ3) is 3.94. The molecule has 5 rings (SSSR count). The molecule has 0 radical (unpaired) electrons. The molecule has 0 aromatic rings. The molecule has 8 heteroatoms. The molecule has 0 unspecified atom stereocenters. The monoisotopic (exact) mass is 503 g/mol. The van der Waals surface area contributed by atoms with E-state index in [4.69, 9.17) is 4.84 Å². The summed E-state index contributed by atoms with van der Waals surface area (Å²) in [6, 6.07) is 0. The van der Waals surface area contributed by atoms with Crippen molar-refractivity contribution in [3.8, 4) is 0 Å². The van der Waals surface area contributed by atoms with Crippen LogP contribution in [-0.4, -0.2) is 51.1 Å². The van der Waals surface area contributed by atoms with Crippen LogP contribution in [0.1, 0.15) is 91.4 Å². The first-order valence-electron chi connectivity index (χ1n) is 13.9. The van der Waals surface area contributed by atoms with Crippen molar-refractivity contribution in [2.24, 2.45) is 46.3 Å². The predicted molar refractivity (Wildman–Crippen MR) is 129 cm³/mol. The summed E-state index contributed by atoms with van der Waals surface area (Å²) in [5, 5.41) is 22.0. The zero-order valence-electron chi connectivity index (χ0n) is 21.8. The number of Topliss-reactive ketones (excluding diaryl/α,β-unsaturated/α-hetero) is 1. The van der Waals surface area contributed by atoms with Crippen molar-refractivity contribution in [2.75, 3.05) is 0 Å². The van der Waals surface area contributed by atoms with Gasteiger partial charge in [-0.05, 0) is 85.9 Å². The highest BCUT2D eigenvalue weighted by atomic mass is 16.7. The van der Waals surface area contributed by atoms with Crippen LogP contribution in [0.3, 0.4) is 0 Å². The number of amides is 2. The number of rotatable bonds is 5. The number of carbonyl (C=O) groups is 4. The summed E-state index contributed by atoms with van der Waals surface area (Å²) in [6.45, 7) is 6.71. The normalized spacial score (nSPS) is 45.2. The maximum absolute atomic E-state index is 13.6. The average Bonchev–Trinajstić information content (AvgIpc) is 3.35. The summed E-state index contributed by atoms with van der Waals surface area (Å²) in [7, 11) is 0. The average molecular weight is 504 g/mol. The second-order valence-electron chi connectivity index (χ2n) is 12.9. The van der Waals surface area contributed by atoms with Crippen LogP contribution in [0.2, 0.25) is 0 Å². The maximum atomic E-state index is 13.6. The van der Waals surface area contributed by atoms with E-state index in [1.54, 1.807) is 0 Å². The van der Waals surface area contributed by atoms with Gasteiger partial charge in [-0.15, -0.1) is 5.06 Å². The molecular weight excluding hydrogens is 462 g/mol. The van der Waals surface area contributed by atoms with Gasteiger partial charge in [0.1, 0.15) is 6.10 Å². The Morgan fingerprint density at radius 1 is 0.972 bits per heavy atom. The summed E-state index contributed by atoms with van der Waals surface area (Å²) in [5.74, 6) is -0.728. The molecule has 4 saturated carbocycles. The highest BCUT2D eigenvalue weighted by Crippen LogP contribution is 2.67. The lowest BCUT2D eigenvalue weighted by molar-refractivity contribution is -0.197. The van der Waals surface area contributed by atoms with E-state index in [0.29, 0.717) is 23.8 Å². The van der Waals surface area contributed by atoms with E-state index in [1.165, 1.54) is 0 Å². The zero-order valence-corrected chi connectivity index (χ0v) is 21.8. The topological polar surface area (TPSA) is 121 Å².